The van der Waals surface area contributed by atoms with E-state index in [1.165, 1.54) is 4.90 Å². The van der Waals surface area contributed by atoms with Gasteiger partial charge in [-0.15, -0.1) is 0 Å². The van der Waals surface area contributed by atoms with Crippen LogP contribution in [-0.4, -0.2) is 46.5 Å². The van der Waals surface area contributed by atoms with Gasteiger partial charge in [0.05, 0.1) is 11.3 Å². The summed E-state index contributed by atoms with van der Waals surface area (Å²) in [6.45, 7) is 4.87. The van der Waals surface area contributed by atoms with Gasteiger partial charge in [0.1, 0.15) is 6.54 Å². The van der Waals surface area contributed by atoms with Crippen LogP contribution in [0.15, 0.2) is 18.2 Å². The van der Waals surface area contributed by atoms with Crippen molar-refractivity contribution in [3.8, 4) is 5.75 Å². The van der Waals surface area contributed by atoms with Gasteiger partial charge < -0.3 is 20.1 Å². The first-order valence-corrected chi connectivity index (χ1v) is 7.48. The Balaban J connectivity index is 2.40. The SMILES string of the molecule is CCC(C)N(CC(=O)O)C(=O)c1cccc2c1OC(C)C(=O)N2. The molecule has 2 N–H and O–H groups in total. The molecule has 0 radical (unpaired) electrons. The molecule has 1 heterocycles. The number of carboxylic acid groups (broad SMARTS) is 1. The third-order valence-corrected chi connectivity index (χ3v) is 3.86. The van der Waals surface area contributed by atoms with Gasteiger partial charge >= 0.3 is 5.97 Å². The first-order valence-electron chi connectivity index (χ1n) is 7.48. The minimum absolute atomic E-state index is 0.231. The van der Waals surface area contributed by atoms with Crippen LogP contribution in [0, 0.1) is 0 Å². The lowest BCUT2D eigenvalue weighted by molar-refractivity contribution is -0.138. The molecule has 7 heteroatoms. The van der Waals surface area contributed by atoms with Crippen LogP contribution in [0.25, 0.3) is 0 Å². The largest absolute Gasteiger partial charge is 0.480 e. The average molecular weight is 320 g/mol. The summed E-state index contributed by atoms with van der Waals surface area (Å²) < 4.78 is 5.56. The molecule has 0 aliphatic carbocycles. The Bertz CT molecular complexity index is 643. The van der Waals surface area contributed by atoms with Crippen molar-refractivity contribution in [3.05, 3.63) is 23.8 Å². The van der Waals surface area contributed by atoms with Gasteiger partial charge in [-0.25, -0.2) is 0 Å². The zero-order valence-corrected chi connectivity index (χ0v) is 13.3. The number of rotatable bonds is 5. The number of nitrogens with zero attached hydrogens (tertiary/aromatic N) is 1. The van der Waals surface area contributed by atoms with Crippen molar-refractivity contribution in [3.63, 3.8) is 0 Å². The van der Waals surface area contributed by atoms with E-state index >= 15 is 0 Å². The summed E-state index contributed by atoms with van der Waals surface area (Å²) in [7, 11) is 0. The number of nitrogens with one attached hydrogen (secondary N) is 1. The number of carboxylic acids is 1. The van der Waals surface area contributed by atoms with Gasteiger partial charge in [0.2, 0.25) is 0 Å². The van der Waals surface area contributed by atoms with Crippen LogP contribution in [0.3, 0.4) is 0 Å². The van der Waals surface area contributed by atoms with Gasteiger partial charge in [0.15, 0.2) is 11.9 Å². The Morgan fingerprint density at radius 1 is 1.43 bits per heavy atom. The van der Waals surface area contributed by atoms with E-state index in [9.17, 15) is 14.4 Å². The lowest BCUT2D eigenvalue weighted by Crippen LogP contribution is -2.42. The van der Waals surface area contributed by atoms with Gasteiger partial charge in [-0.1, -0.05) is 13.0 Å². The van der Waals surface area contributed by atoms with Crippen LogP contribution in [-0.2, 0) is 9.59 Å². The van der Waals surface area contributed by atoms with Crippen molar-refractivity contribution in [2.75, 3.05) is 11.9 Å². The van der Waals surface area contributed by atoms with E-state index in [0.29, 0.717) is 12.1 Å². The summed E-state index contributed by atoms with van der Waals surface area (Å²) in [5.41, 5.74) is 0.661. The third-order valence-electron chi connectivity index (χ3n) is 3.86. The average Bonchev–Trinajstić information content (AvgIpc) is 2.51. The molecule has 7 nitrogen and oxygen atoms in total. The van der Waals surface area contributed by atoms with Crippen molar-refractivity contribution in [1.29, 1.82) is 0 Å². The van der Waals surface area contributed by atoms with Gasteiger partial charge in [-0.2, -0.15) is 0 Å². The van der Waals surface area contributed by atoms with Crippen molar-refractivity contribution < 1.29 is 24.2 Å². The fourth-order valence-corrected chi connectivity index (χ4v) is 2.34. The molecule has 0 saturated heterocycles. The molecule has 1 aromatic rings. The van der Waals surface area contributed by atoms with E-state index in [2.05, 4.69) is 5.32 Å². The second kappa shape index (κ2) is 6.68. The molecule has 2 atom stereocenters. The third kappa shape index (κ3) is 3.44. The Kier molecular flexibility index (Phi) is 4.88. The molecule has 1 aliphatic rings. The second-order valence-electron chi connectivity index (χ2n) is 5.52. The first-order chi connectivity index (χ1) is 10.8. The van der Waals surface area contributed by atoms with Crippen LogP contribution >= 0.6 is 0 Å². The van der Waals surface area contributed by atoms with Crippen molar-refractivity contribution in [2.24, 2.45) is 0 Å². The smallest absolute Gasteiger partial charge is 0.323 e. The summed E-state index contributed by atoms with van der Waals surface area (Å²) in [5.74, 6) is -1.51. The molecule has 1 aliphatic heterocycles. The van der Waals surface area contributed by atoms with Crippen LogP contribution < -0.4 is 10.1 Å². The highest BCUT2D eigenvalue weighted by molar-refractivity contribution is 6.04. The highest BCUT2D eigenvalue weighted by Gasteiger charge is 2.31. The summed E-state index contributed by atoms with van der Waals surface area (Å²) in [6.07, 6.45) is -0.0878. The molecule has 0 spiro atoms. The summed E-state index contributed by atoms with van der Waals surface area (Å²) in [4.78, 5) is 36.8. The molecule has 1 aromatic carbocycles. The fraction of sp³-hybridized carbons (Fsp3) is 0.438. The van der Waals surface area contributed by atoms with E-state index in [-0.39, 0.29) is 29.8 Å². The maximum atomic E-state index is 12.8. The number of carbonyl (C=O) groups is 3. The zero-order valence-electron chi connectivity index (χ0n) is 13.3. The van der Waals surface area contributed by atoms with Crippen molar-refractivity contribution in [1.82, 2.24) is 4.90 Å². The fourth-order valence-electron chi connectivity index (χ4n) is 2.34. The number of anilines is 1. The lowest BCUT2D eigenvalue weighted by Gasteiger charge is -2.30. The molecule has 0 saturated carbocycles. The number of carbonyl (C=O) groups excluding carboxylic acids is 2. The van der Waals surface area contributed by atoms with E-state index in [1.54, 1.807) is 32.0 Å². The number of amides is 2. The van der Waals surface area contributed by atoms with E-state index in [4.69, 9.17) is 9.84 Å². The zero-order chi connectivity index (χ0) is 17.1. The predicted molar refractivity (Wildman–Crippen MR) is 83.6 cm³/mol. The number of benzene rings is 1. The highest BCUT2D eigenvalue weighted by atomic mass is 16.5. The number of fused-ring (bicyclic) bond motifs is 1. The molecule has 2 unspecified atom stereocenters. The molecule has 124 valence electrons. The van der Waals surface area contributed by atoms with Crippen molar-refractivity contribution >= 4 is 23.5 Å². The number of hydrogen-bond acceptors (Lipinski definition) is 4. The molecule has 0 bridgehead atoms. The Labute approximate surface area is 134 Å². The number of para-hydroxylation sites is 1. The van der Waals surface area contributed by atoms with Gasteiger partial charge in [-0.05, 0) is 32.4 Å². The number of hydrogen-bond donors (Lipinski definition) is 2. The topological polar surface area (TPSA) is 95.9 Å². The normalized spacial score (nSPS) is 17.5. The predicted octanol–water partition coefficient (Wildman–Crippen LogP) is 1.73. The van der Waals surface area contributed by atoms with E-state index in [1.807, 2.05) is 6.92 Å². The molecule has 0 aromatic heterocycles. The van der Waals surface area contributed by atoms with E-state index < -0.39 is 18.0 Å². The van der Waals surface area contributed by atoms with Gasteiger partial charge in [0, 0.05) is 6.04 Å². The maximum absolute atomic E-state index is 12.8. The lowest BCUT2D eigenvalue weighted by atomic mass is 10.1. The van der Waals surface area contributed by atoms with Crippen LogP contribution in [0.1, 0.15) is 37.6 Å². The summed E-state index contributed by atoms with van der Waals surface area (Å²) >= 11 is 0. The van der Waals surface area contributed by atoms with Crippen molar-refractivity contribution in [2.45, 2.75) is 39.3 Å². The Morgan fingerprint density at radius 3 is 2.74 bits per heavy atom. The number of aliphatic carboxylic acids is 1. The molecule has 23 heavy (non-hydrogen) atoms. The number of ether oxygens (including phenoxy) is 1. The Hall–Kier alpha value is -2.57. The van der Waals surface area contributed by atoms with E-state index in [0.717, 1.165) is 0 Å². The molecule has 0 fully saturated rings. The van der Waals surface area contributed by atoms with Gasteiger partial charge in [-0.3, -0.25) is 14.4 Å². The van der Waals surface area contributed by atoms with Crippen LogP contribution in [0.4, 0.5) is 5.69 Å². The standard InChI is InChI=1S/C16H20N2O5/c1-4-9(2)18(8-13(19)20)16(22)11-6-5-7-12-14(11)23-10(3)15(21)17-12/h5-7,9-10H,4,8H2,1-3H3,(H,17,21)(H,19,20). The first kappa shape index (κ1) is 16.8. The minimum atomic E-state index is -1.08. The monoisotopic (exact) mass is 320 g/mol. The second-order valence-corrected chi connectivity index (χ2v) is 5.52. The minimum Gasteiger partial charge on any atom is -0.480 e. The van der Waals surface area contributed by atoms with Crippen LogP contribution in [0.5, 0.6) is 5.75 Å². The van der Waals surface area contributed by atoms with Crippen LogP contribution in [0.2, 0.25) is 0 Å². The quantitative estimate of drug-likeness (QED) is 0.861. The highest BCUT2D eigenvalue weighted by Crippen LogP contribution is 2.34. The molecule has 2 rings (SSSR count). The molecule has 2 amide bonds. The molecular weight excluding hydrogens is 300 g/mol. The molecular formula is C16H20N2O5. The summed E-state index contributed by atoms with van der Waals surface area (Å²) in [6, 6.07) is 4.61. The summed E-state index contributed by atoms with van der Waals surface area (Å²) in [5, 5.41) is 11.7. The Morgan fingerprint density at radius 2 is 2.13 bits per heavy atom. The maximum Gasteiger partial charge on any atom is 0.323 e. The van der Waals surface area contributed by atoms with Gasteiger partial charge in [0.25, 0.3) is 11.8 Å².